The molecule has 1 N–H and O–H groups in total. The molecule has 0 saturated heterocycles. The van der Waals surface area contributed by atoms with Gasteiger partial charge in [0.1, 0.15) is 5.75 Å². The van der Waals surface area contributed by atoms with Crippen LogP contribution in [0.2, 0.25) is 0 Å². The lowest BCUT2D eigenvalue weighted by Crippen LogP contribution is -2.42. The molecule has 120 valence electrons. The van der Waals surface area contributed by atoms with Gasteiger partial charge in [0.15, 0.2) is 6.61 Å². The van der Waals surface area contributed by atoms with Crippen LogP contribution < -0.4 is 10.1 Å². The van der Waals surface area contributed by atoms with E-state index in [2.05, 4.69) is 24.2 Å². The Morgan fingerprint density at radius 1 is 1.45 bits per heavy atom. The Bertz CT molecular complexity index is 528. The number of benzene rings is 1. The zero-order valence-corrected chi connectivity index (χ0v) is 12.8. The largest absolute Gasteiger partial charge is 0.484 e. The van der Waals surface area contributed by atoms with E-state index in [0.29, 0.717) is 18.3 Å². The second kappa shape index (κ2) is 7.22. The number of rotatable bonds is 8. The third-order valence-corrected chi connectivity index (χ3v) is 3.83. The first kappa shape index (κ1) is 16.2. The van der Waals surface area contributed by atoms with E-state index in [1.165, 1.54) is 37.1 Å². The minimum absolute atomic E-state index is 0.00580. The highest BCUT2D eigenvalue weighted by Gasteiger charge is 2.29. The van der Waals surface area contributed by atoms with Crippen LogP contribution in [0.25, 0.3) is 0 Å². The van der Waals surface area contributed by atoms with Crippen LogP contribution in [0.15, 0.2) is 24.3 Å². The van der Waals surface area contributed by atoms with Crippen LogP contribution in [-0.2, 0) is 4.79 Å². The van der Waals surface area contributed by atoms with E-state index in [1.807, 2.05) is 0 Å². The molecule has 1 aliphatic rings. The average molecular weight is 307 g/mol. The molecule has 1 aromatic carbocycles. The number of likely N-dealkylation sites (N-methyl/N-ethyl adjacent to an activating group) is 1. The molecule has 1 fully saturated rings. The number of non-ortho nitro benzene ring substituents is 1. The fraction of sp³-hybridized carbons (Fsp3) is 0.533. The fourth-order valence-corrected chi connectivity index (χ4v) is 2.11. The van der Waals surface area contributed by atoms with Gasteiger partial charge in [0, 0.05) is 30.8 Å². The second-order valence-corrected chi connectivity index (χ2v) is 5.59. The first-order valence-electron chi connectivity index (χ1n) is 7.33. The molecule has 2 rings (SSSR count). The molecule has 7 nitrogen and oxygen atoms in total. The maximum Gasteiger partial charge on any atom is 0.269 e. The molecule has 0 unspecified atom stereocenters. The molecule has 0 bridgehead atoms. The van der Waals surface area contributed by atoms with E-state index < -0.39 is 4.92 Å². The first-order valence-corrected chi connectivity index (χ1v) is 7.33. The number of nitro groups is 1. The molecule has 1 amide bonds. The van der Waals surface area contributed by atoms with Gasteiger partial charge in [0.25, 0.3) is 11.6 Å². The Morgan fingerprint density at radius 2 is 2.09 bits per heavy atom. The molecule has 1 aromatic rings. The highest BCUT2D eigenvalue weighted by atomic mass is 16.6. The number of hydrogen-bond acceptors (Lipinski definition) is 5. The summed E-state index contributed by atoms with van der Waals surface area (Å²) < 4.78 is 5.31. The van der Waals surface area contributed by atoms with Crippen LogP contribution in [0.4, 0.5) is 5.69 Å². The topological polar surface area (TPSA) is 84.7 Å². The molecular weight excluding hydrogens is 286 g/mol. The number of ether oxygens (including phenoxy) is 1. The summed E-state index contributed by atoms with van der Waals surface area (Å²) in [5, 5.41) is 13.4. The molecule has 1 aliphatic carbocycles. The number of carbonyl (C=O) groups is 1. The summed E-state index contributed by atoms with van der Waals surface area (Å²) in [4.78, 5) is 24.1. The van der Waals surface area contributed by atoms with Gasteiger partial charge in [-0.15, -0.1) is 0 Å². The van der Waals surface area contributed by atoms with Crippen LogP contribution in [0, 0.1) is 10.1 Å². The highest BCUT2D eigenvalue weighted by molar-refractivity contribution is 5.77. The van der Waals surface area contributed by atoms with Crippen LogP contribution in [-0.4, -0.2) is 48.0 Å². The van der Waals surface area contributed by atoms with E-state index in [-0.39, 0.29) is 24.2 Å². The Hall–Kier alpha value is -2.15. The van der Waals surface area contributed by atoms with Gasteiger partial charge in [-0.25, -0.2) is 0 Å². The van der Waals surface area contributed by atoms with Gasteiger partial charge in [0.2, 0.25) is 0 Å². The minimum atomic E-state index is -0.478. The molecule has 0 heterocycles. The Labute approximate surface area is 129 Å². The third kappa shape index (κ3) is 4.70. The zero-order chi connectivity index (χ0) is 16.1. The smallest absolute Gasteiger partial charge is 0.269 e. The van der Waals surface area contributed by atoms with Crippen molar-refractivity contribution in [3.8, 4) is 5.75 Å². The zero-order valence-electron chi connectivity index (χ0n) is 12.8. The van der Waals surface area contributed by atoms with Gasteiger partial charge in [-0.3, -0.25) is 19.8 Å². The van der Waals surface area contributed by atoms with Gasteiger partial charge in [0.05, 0.1) is 4.92 Å². The van der Waals surface area contributed by atoms with Crippen molar-refractivity contribution in [3.05, 3.63) is 34.4 Å². The maximum atomic E-state index is 11.7. The summed E-state index contributed by atoms with van der Waals surface area (Å²) in [5.74, 6) is 0.235. The lowest BCUT2D eigenvalue weighted by Gasteiger charge is -2.24. The predicted molar refractivity (Wildman–Crippen MR) is 81.8 cm³/mol. The molecule has 0 aromatic heterocycles. The van der Waals surface area contributed by atoms with Crippen LogP contribution >= 0.6 is 0 Å². The Morgan fingerprint density at radius 3 is 2.64 bits per heavy atom. The van der Waals surface area contributed by atoms with Crippen molar-refractivity contribution in [3.63, 3.8) is 0 Å². The van der Waals surface area contributed by atoms with Gasteiger partial charge in [-0.2, -0.15) is 0 Å². The molecule has 7 heteroatoms. The summed E-state index contributed by atoms with van der Waals surface area (Å²) in [5.41, 5.74) is -0.00580. The molecule has 1 atom stereocenters. The van der Waals surface area contributed by atoms with Crippen molar-refractivity contribution in [2.75, 3.05) is 20.2 Å². The molecule has 1 saturated carbocycles. The lowest BCUT2D eigenvalue weighted by molar-refractivity contribution is -0.384. The number of hydrogen-bond donors (Lipinski definition) is 1. The standard InChI is InChI=1S/C15H21N3O4/c1-11(17(2)12-3-4-12)9-16-15(19)10-22-14-7-5-13(6-8-14)18(20)21/h5-8,11-12H,3-4,9-10H2,1-2H3,(H,16,19)/t11-/m1/s1. The maximum absolute atomic E-state index is 11.7. The van der Waals surface area contributed by atoms with Gasteiger partial charge in [-0.1, -0.05) is 0 Å². The second-order valence-electron chi connectivity index (χ2n) is 5.59. The van der Waals surface area contributed by atoms with E-state index in [0.717, 1.165) is 0 Å². The summed E-state index contributed by atoms with van der Waals surface area (Å²) in [6, 6.07) is 6.60. The van der Waals surface area contributed by atoms with Crippen molar-refractivity contribution in [1.82, 2.24) is 10.2 Å². The number of nitrogens with zero attached hydrogens (tertiary/aromatic N) is 2. The normalized spacial score (nSPS) is 15.4. The average Bonchev–Trinajstić information content (AvgIpc) is 3.35. The van der Waals surface area contributed by atoms with E-state index >= 15 is 0 Å². The number of amides is 1. The van der Waals surface area contributed by atoms with E-state index in [9.17, 15) is 14.9 Å². The Balaban J connectivity index is 1.69. The predicted octanol–water partition coefficient (Wildman–Crippen LogP) is 1.57. The molecular formula is C15H21N3O4. The van der Waals surface area contributed by atoms with Crippen LogP contribution in [0.5, 0.6) is 5.75 Å². The SMILES string of the molecule is C[C@H](CNC(=O)COc1ccc([N+](=O)[O-])cc1)N(C)C1CC1. The number of carbonyl (C=O) groups excluding carboxylic acids is 1. The van der Waals surface area contributed by atoms with Gasteiger partial charge in [-0.05, 0) is 38.9 Å². The first-order chi connectivity index (χ1) is 10.5. The van der Waals surface area contributed by atoms with E-state index in [4.69, 9.17) is 4.74 Å². The number of nitro benzene ring substituents is 1. The van der Waals surface area contributed by atoms with Gasteiger partial charge >= 0.3 is 0 Å². The summed E-state index contributed by atoms with van der Waals surface area (Å²) in [6.07, 6.45) is 2.47. The van der Waals surface area contributed by atoms with Crippen molar-refractivity contribution in [2.45, 2.75) is 31.8 Å². The summed E-state index contributed by atoms with van der Waals surface area (Å²) >= 11 is 0. The lowest BCUT2D eigenvalue weighted by atomic mass is 10.3. The molecule has 0 radical (unpaired) electrons. The molecule has 22 heavy (non-hydrogen) atoms. The van der Waals surface area contributed by atoms with Gasteiger partial charge < -0.3 is 10.1 Å². The molecule has 0 spiro atoms. The summed E-state index contributed by atoms with van der Waals surface area (Å²) in [6.45, 7) is 2.56. The summed E-state index contributed by atoms with van der Waals surface area (Å²) in [7, 11) is 2.07. The minimum Gasteiger partial charge on any atom is -0.484 e. The number of nitrogens with one attached hydrogen (secondary N) is 1. The van der Waals surface area contributed by atoms with Crippen molar-refractivity contribution >= 4 is 11.6 Å². The van der Waals surface area contributed by atoms with Crippen molar-refractivity contribution in [2.24, 2.45) is 0 Å². The third-order valence-electron chi connectivity index (χ3n) is 3.83. The quantitative estimate of drug-likeness (QED) is 0.582. The van der Waals surface area contributed by atoms with Crippen LogP contribution in [0.3, 0.4) is 0 Å². The monoisotopic (exact) mass is 307 g/mol. The van der Waals surface area contributed by atoms with Crippen molar-refractivity contribution in [1.29, 1.82) is 0 Å². The van der Waals surface area contributed by atoms with Crippen LogP contribution in [0.1, 0.15) is 19.8 Å². The fourth-order valence-electron chi connectivity index (χ4n) is 2.11. The highest BCUT2D eigenvalue weighted by Crippen LogP contribution is 2.26. The molecule has 0 aliphatic heterocycles. The van der Waals surface area contributed by atoms with Crippen molar-refractivity contribution < 1.29 is 14.5 Å². The van der Waals surface area contributed by atoms with E-state index in [1.54, 1.807) is 0 Å². The Kier molecular flexibility index (Phi) is 5.32.